The van der Waals surface area contributed by atoms with Gasteiger partial charge in [0, 0.05) is 11.2 Å². The number of aryl methyl sites for hydroxylation is 1. The Hall–Kier alpha value is -3.45. The summed E-state index contributed by atoms with van der Waals surface area (Å²) in [7, 11) is 4.63. The van der Waals surface area contributed by atoms with Gasteiger partial charge >= 0.3 is 0 Å². The molecule has 32 heavy (non-hydrogen) atoms. The molecule has 3 aromatic rings. The van der Waals surface area contributed by atoms with Crippen molar-refractivity contribution in [1.29, 1.82) is 0 Å². The van der Waals surface area contributed by atoms with E-state index in [1.807, 2.05) is 13.0 Å². The fourth-order valence-electron chi connectivity index (χ4n) is 3.15. The van der Waals surface area contributed by atoms with E-state index in [2.05, 4.69) is 4.98 Å². The number of hydrogen-bond acceptors (Lipinski definition) is 6. The van der Waals surface area contributed by atoms with Crippen molar-refractivity contribution in [3.63, 3.8) is 0 Å². The van der Waals surface area contributed by atoms with Gasteiger partial charge in [-0.1, -0.05) is 17.7 Å². The topological polar surface area (TPSA) is 70.1 Å². The van der Waals surface area contributed by atoms with Crippen LogP contribution in [0.15, 0.2) is 54.7 Å². The Morgan fingerprint density at radius 1 is 1.00 bits per heavy atom. The maximum absolute atomic E-state index is 13.2. The quantitative estimate of drug-likeness (QED) is 0.465. The van der Waals surface area contributed by atoms with Gasteiger partial charge in [0.15, 0.2) is 18.1 Å². The van der Waals surface area contributed by atoms with E-state index in [-0.39, 0.29) is 19.1 Å². The van der Waals surface area contributed by atoms with Crippen LogP contribution in [0.3, 0.4) is 0 Å². The molecule has 1 heterocycles. The van der Waals surface area contributed by atoms with Crippen molar-refractivity contribution in [2.75, 3.05) is 32.8 Å². The Kier molecular flexibility index (Phi) is 7.78. The van der Waals surface area contributed by atoms with Crippen LogP contribution >= 0.6 is 11.6 Å². The molecule has 0 saturated heterocycles. The molecule has 7 nitrogen and oxygen atoms in total. The molecule has 3 rings (SSSR count). The maximum atomic E-state index is 13.2. The van der Waals surface area contributed by atoms with E-state index in [1.165, 1.54) is 0 Å². The zero-order chi connectivity index (χ0) is 23.1. The third-order valence-corrected chi connectivity index (χ3v) is 5.21. The minimum absolute atomic E-state index is 0.165. The standard InChI is InChI=1S/C24H25ClN2O5/c1-16-11-18(8-9-19(16)25)32-15-23(28)27(22-7-5-6-10-26-22)14-17-12-20(29-2)24(31-4)21(13-17)30-3/h5-13H,14-15H2,1-4H3. The lowest BCUT2D eigenvalue weighted by Crippen LogP contribution is -2.35. The third-order valence-electron chi connectivity index (χ3n) is 4.78. The number of halogens is 1. The number of rotatable bonds is 9. The van der Waals surface area contributed by atoms with E-state index in [4.69, 9.17) is 30.5 Å². The van der Waals surface area contributed by atoms with Crippen LogP contribution in [-0.2, 0) is 11.3 Å². The van der Waals surface area contributed by atoms with Gasteiger partial charge in [-0.05, 0) is 60.5 Å². The number of nitrogens with zero attached hydrogens (tertiary/aromatic N) is 2. The second-order valence-electron chi connectivity index (χ2n) is 6.90. The molecule has 0 N–H and O–H groups in total. The van der Waals surface area contributed by atoms with Crippen LogP contribution in [0.25, 0.3) is 0 Å². The summed E-state index contributed by atoms with van der Waals surface area (Å²) in [4.78, 5) is 19.0. The van der Waals surface area contributed by atoms with Crippen LogP contribution in [0, 0.1) is 6.92 Å². The minimum Gasteiger partial charge on any atom is -0.493 e. The van der Waals surface area contributed by atoms with E-state index in [9.17, 15) is 4.79 Å². The number of ether oxygens (including phenoxy) is 4. The number of anilines is 1. The van der Waals surface area contributed by atoms with Gasteiger partial charge in [-0.2, -0.15) is 0 Å². The lowest BCUT2D eigenvalue weighted by atomic mass is 10.1. The fraction of sp³-hybridized carbons (Fsp3) is 0.250. The van der Waals surface area contributed by atoms with Gasteiger partial charge in [-0.15, -0.1) is 0 Å². The molecule has 0 spiro atoms. The monoisotopic (exact) mass is 456 g/mol. The highest BCUT2D eigenvalue weighted by Gasteiger charge is 2.21. The van der Waals surface area contributed by atoms with Crippen LogP contribution in [0.4, 0.5) is 5.82 Å². The van der Waals surface area contributed by atoms with Crippen molar-refractivity contribution < 1.29 is 23.7 Å². The summed E-state index contributed by atoms with van der Waals surface area (Å²) < 4.78 is 22.0. The molecule has 1 amide bonds. The second kappa shape index (κ2) is 10.7. The largest absolute Gasteiger partial charge is 0.493 e. The molecular weight excluding hydrogens is 432 g/mol. The molecule has 0 radical (unpaired) electrons. The first-order valence-corrected chi connectivity index (χ1v) is 10.2. The highest BCUT2D eigenvalue weighted by molar-refractivity contribution is 6.31. The van der Waals surface area contributed by atoms with Gasteiger partial charge in [-0.3, -0.25) is 9.69 Å². The molecule has 0 atom stereocenters. The number of amides is 1. The predicted molar refractivity (Wildman–Crippen MR) is 123 cm³/mol. The highest BCUT2D eigenvalue weighted by Crippen LogP contribution is 2.38. The lowest BCUT2D eigenvalue weighted by molar-refractivity contribution is -0.120. The first kappa shape index (κ1) is 23.2. The second-order valence-corrected chi connectivity index (χ2v) is 7.31. The average molecular weight is 457 g/mol. The van der Waals surface area contributed by atoms with Crippen molar-refractivity contribution in [2.24, 2.45) is 0 Å². The average Bonchev–Trinajstić information content (AvgIpc) is 2.82. The molecule has 0 fully saturated rings. The number of aromatic nitrogens is 1. The van der Waals surface area contributed by atoms with Gasteiger partial charge in [0.2, 0.25) is 5.75 Å². The third kappa shape index (κ3) is 5.42. The van der Waals surface area contributed by atoms with Gasteiger partial charge in [0.05, 0.1) is 27.9 Å². The van der Waals surface area contributed by atoms with Crippen molar-refractivity contribution in [2.45, 2.75) is 13.5 Å². The number of pyridine rings is 1. The van der Waals surface area contributed by atoms with Crippen LogP contribution in [0.2, 0.25) is 5.02 Å². The summed E-state index contributed by atoms with van der Waals surface area (Å²) in [5.41, 5.74) is 1.65. The molecule has 168 valence electrons. The molecule has 0 unspecified atom stereocenters. The van der Waals surface area contributed by atoms with Crippen molar-refractivity contribution in [1.82, 2.24) is 4.98 Å². The van der Waals surface area contributed by atoms with Crippen LogP contribution in [0.5, 0.6) is 23.0 Å². The minimum atomic E-state index is -0.259. The van der Waals surface area contributed by atoms with E-state index in [1.54, 1.807) is 74.9 Å². The van der Waals surface area contributed by atoms with Gasteiger partial charge in [0.25, 0.3) is 5.91 Å². The van der Waals surface area contributed by atoms with Gasteiger partial charge < -0.3 is 18.9 Å². The first-order valence-electron chi connectivity index (χ1n) is 9.86. The van der Waals surface area contributed by atoms with E-state index in [0.717, 1.165) is 11.1 Å². The summed E-state index contributed by atoms with van der Waals surface area (Å²) in [5, 5.41) is 0.640. The summed E-state index contributed by atoms with van der Waals surface area (Å²) >= 11 is 6.07. The number of carbonyl (C=O) groups excluding carboxylic acids is 1. The van der Waals surface area contributed by atoms with Crippen LogP contribution < -0.4 is 23.8 Å². The maximum Gasteiger partial charge on any atom is 0.266 e. The Balaban J connectivity index is 1.86. The predicted octanol–water partition coefficient (Wildman–Crippen LogP) is 4.68. The van der Waals surface area contributed by atoms with Crippen LogP contribution in [-0.4, -0.2) is 38.8 Å². The normalized spacial score (nSPS) is 10.4. The Morgan fingerprint density at radius 3 is 2.28 bits per heavy atom. The fourth-order valence-corrected chi connectivity index (χ4v) is 3.27. The van der Waals surface area contributed by atoms with Gasteiger partial charge in [-0.25, -0.2) is 4.98 Å². The molecule has 0 aliphatic rings. The highest BCUT2D eigenvalue weighted by atomic mass is 35.5. The Labute approximate surface area is 192 Å². The summed E-state index contributed by atoms with van der Waals surface area (Å²) in [5.74, 6) is 2.29. The number of methoxy groups -OCH3 is 3. The molecule has 0 bridgehead atoms. The number of carbonyl (C=O) groups is 1. The summed E-state index contributed by atoms with van der Waals surface area (Å²) in [6, 6.07) is 14.2. The molecule has 8 heteroatoms. The number of benzene rings is 2. The summed E-state index contributed by atoms with van der Waals surface area (Å²) in [6.45, 7) is 1.94. The van der Waals surface area contributed by atoms with E-state index >= 15 is 0 Å². The number of hydrogen-bond donors (Lipinski definition) is 0. The smallest absolute Gasteiger partial charge is 0.266 e. The van der Waals surface area contributed by atoms with E-state index < -0.39 is 0 Å². The van der Waals surface area contributed by atoms with Gasteiger partial charge in [0.1, 0.15) is 11.6 Å². The lowest BCUT2D eigenvalue weighted by Gasteiger charge is -2.23. The van der Waals surface area contributed by atoms with Crippen molar-refractivity contribution in [3.8, 4) is 23.0 Å². The molecule has 1 aromatic heterocycles. The molecule has 0 aliphatic heterocycles. The van der Waals surface area contributed by atoms with Crippen molar-refractivity contribution >= 4 is 23.3 Å². The first-order chi connectivity index (χ1) is 15.5. The SMILES string of the molecule is COc1cc(CN(C(=O)COc2ccc(Cl)c(C)c2)c2ccccn2)cc(OC)c1OC. The summed E-state index contributed by atoms with van der Waals surface area (Å²) in [6.07, 6.45) is 1.63. The van der Waals surface area contributed by atoms with Crippen LogP contribution in [0.1, 0.15) is 11.1 Å². The Morgan fingerprint density at radius 2 is 1.72 bits per heavy atom. The molecule has 0 aliphatic carbocycles. The molecular formula is C24H25ClN2O5. The Bertz CT molecular complexity index is 1050. The molecule has 0 saturated carbocycles. The zero-order valence-corrected chi connectivity index (χ0v) is 19.2. The zero-order valence-electron chi connectivity index (χ0n) is 18.4. The van der Waals surface area contributed by atoms with E-state index in [0.29, 0.717) is 33.8 Å². The molecule has 2 aromatic carbocycles. The van der Waals surface area contributed by atoms with Crippen molar-refractivity contribution in [3.05, 3.63) is 70.9 Å².